The Labute approximate surface area is 147 Å². The van der Waals surface area contributed by atoms with Crippen LogP contribution >= 0.6 is 0 Å². The van der Waals surface area contributed by atoms with Gasteiger partial charge in [0.05, 0.1) is 5.69 Å². The third kappa shape index (κ3) is 5.79. The lowest BCUT2D eigenvalue weighted by atomic mass is 10.1. The van der Waals surface area contributed by atoms with Crippen LogP contribution in [0.4, 0.5) is 5.69 Å². The van der Waals surface area contributed by atoms with Gasteiger partial charge in [-0.15, -0.1) is 0 Å². The van der Waals surface area contributed by atoms with Gasteiger partial charge in [0.1, 0.15) is 0 Å². The Bertz CT molecular complexity index is 791. The zero-order valence-corrected chi connectivity index (χ0v) is 14.0. The predicted octanol–water partition coefficient (Wildman–Crippen LogP) is 1.91. The number of anilines is 1. The normalized spacial score (nSPS) is 11.0. The van der Waals surface area contributed by atoms with E-state index in [0.717, 1.165) is 5.56 Å². The van der Waals surface area contributed by atoms with Crippen LogP contribution in [0.2, 0.25) is 0 Å². The molecule has 2 rings (SSSR count). The molecule has 128 valence electrons. The molecule has 3 N–H and O–H groups in total. The summed E-state index contributed by atoms with van der Waals surface area (Å²) in [7, 11) is 0. The van der Waals surface area contributed by atoms with Gasteiger partial charge in [-0.25, -0.2) is 0 Å². The summed E-state index contributed by atoms with van der Waals surface area (Å²) in [6.07, 6.45) is 0.387. The largest absolute Gasteiger partial charge is 0.396 e. The molecule has 0 saturated heterocycles. The maximum atomic E-state index is 12.0. The van der Waals surface area contributed by atoms with Crippen LogP contribution in [0, 0.1) is 11.8 Å². The molecule has 0 aliphatic rings. The van der Waals surface area contributed by atoms with Crippen molar-refractivity contribution in [1.29, 1.82) is 0 Å². The van der Waals surface area contributed by atoms with Crippen molar-refractivity contribution in [2.24, 2.45) is 0 Å². The first kappa shape index (κ1) is 18.2. The first-order chi connectivity index (χ1) is 12.1. The Morgan fingerprint density at radius 2 is 1.68 bits per heavy atom. The van der Waals surface area contributed by atoms with Gasteiger partial charge in [0.2, 0.25) is 0 Å². The fraction of sp³-hybridized carbons (Fsp3) is 0.200. The Hall–Kier alpha value is -3.10. The van der Waals surface area contributed by atoms with Gasteiger partial charge >= 0.3 is 11.8 Å². The van der Waals surface area contributed by atoms with Crippen LogP contribution in [0.3, 0.4) is 0 Å². The van der Waals surface area contributed by atoms with Crippen LogP contribution in [0.1, 0.15) is 24.5 Å². The molecular weight excluding hydrogens is 316 g/mol. The molecule has 2 aromatic carbocycles. The van der Waals surface area contributed by atoms with Gasteiger partial charge in [-0.3, -0.25) is 9.59 Å². The van der Waals surface area contributed by atoms with Crippen molar-refractivity contribution in [2.75, 3.05) is 11.9 Å². The van der Waals surface area contributed by atoms with Crippen molar-refractivity contribution in [3.63, 3.8) is 0 Å². The molecule has 5 heteroatoms. The van der Waals surface area contributed by atoms with E-state index in [4.69, 9.17) is 5.11 Å². The number of aliphatic hydroxyl groups excluding tert-OH is 1. The number of rotatable bonds is 4. The standard InChI is InChI=1S/C20H20N2O3/c1-15(13-14-23)21-19(24)20(25)22-18-10-6-5-9-17(18)12-11-16-7-3-2-4-8-16/h2-10,15,23H,13-14H2,1H3,(H,21,24)(H,22,25)/t15-/m1/s1. The first-order valence-electron chi connectivity index (χ1n) is 7.99. The van der Waals surface area contributed by atoms with Crippen molar-refractivity contribution >= 4 is 17.5 Å². The maximum absolute atomic E-state index is 12.0. The minimum Gasteiger partial charge on any atom is -0.396 e. The van der Waals surface area contributed by atoms with Crippen LogP contribution in [0.25, 0.3) is 0 Å². The second kappa shape index (κ2) is 9.26. The summed E-state index contributed by atoms with van der Waals surface area (Å²) in [6, 6.07) is 16.3. The first-order valence-corrected chi connectivity index (χ1v) is 7.99. The molecule has 0 spiro atoms. The highest BCUT2D eigenvalue weighted by Gasteiger charge is 2.16. The Balaban J connectivity index is 2.09. The van der Waals surface area contributed by atoms with Gasteiger partial charge in [0, 0.05) is 23.8 Å². The van der Waals surface area contributed by atoms with E-state index in [9.17, 15) is 9.59 Å². The van der Waals surface area contributed by atoms with Crippen LogP contribution in [0.15, 0.2) is 54.6 Å². The number of carbonyl (C=O) groups is 2. The highest BCUT2D eigenvalue weighted by atomic mass is 16.3. The van der Waals surface area contributed by atoms with E-state index in [2.05, 4.69) is 22.5 Å². The second-order valence-corrected chi connectivity index (χ2v) is 5.50. The average molecular weight is 336 g/mol. The van der Waals surface area contributed by atoms with Gasteiger partial charge in [0.15, 0.2) is 0 Å². The lowest BCUT2D eigenvalue weighted by Crippen LogP contribution is -2.40. The smallest absolute Gasteiger partial charge is 0.313 e. The van der Waals surface area contributed by atoms with E-state index in [0.29, 0.717) is 17.7 Å². The lowest BCUT2D eigenvalue weighted by Gasteiger charge is -2.12. The average Bonchev–Trinajstić information content (AvgIpc) is 2.62. The summed E-state index contributed by atoms with van der Waals surface area (Å²) < 4.78 is 0. The molecule has 0 heterocycles. The Kier molecular flexibility index (Phi) is 6.76. The van der Waals surface area contributed by atoms with E-state index in [1.807, 2.05) is 36.4 Å². The van der Waals surface area contributed by atoms with Crippen LogP contribution in [-0.4, -0.2) is 29.6 Å². The zero-order valence-electron chi connectivity index (χ0n) is 14.0. The SMILES string of the molecule is C[C@H](CCO)NC(=O)C(=O)Nc1ccccc1C#Cc1ccccc1. The predicted molar refractivity (Wildman–Crippen MR) is 96.8 cm³/mol. The minimum absolute atomic E-state index is 0.0546. The number of aliphatic hydroxyl groups is 1. The zero-order chi connectivity index (χ0) is 18.1. The third-order valence-electron chi connectivity index (χ3n) is 3.44. The quantitative estimate of drug-likeness (QED) is 0.589. The third-order valence-corrected chi connectivity index (χ3v) is 3.44. The van der Waals surface area contributed by atoms with Gasteiger partial charge < -0.3 is 15.7 Å². The minimum atomic E-state index is -0.765. The summed E-state index contributed by atoms with van der Waals surface area (Å²) in [5.41, 5.74) is 1.95. The number of benzene rings is 2. The molecule has 5 nitrogen and oxygen atoms in total. The van der Waals surface area contributed by atoms with Crippen LogP contribution in [0.5, 0.6) is 0 Å². The molecule has 25 heavy (non-hydrogen) atoms. The molecule has 0 aromatic heterocycles. The number of amides is 2. The van der Waals surface area contributed by atoms with Crippen LogP contribution < -0.4 is 10.6 Å². The number of hydrogen-bond acceptors (Lipinski definition) is 3. The van der Waals surface area contributed by atoms with Crippen molar-refractivity contribution in [3.8, 4) is 11.8 Å². The molecule has 0 unspecified atom stereocenters. The molecule has 2 amide bonds. The van der Waals surface area contributed by atoms with E-state index in [1.54, 1.807) is 25.1 Å². The Morgan fingerprint density at radius 1 is 1.00 bits per heavy atom. The molecule has 0 fully saturated rings. The van der Waals surface area contributed by atoms with Gasteiger partial charge in [0.25, 0.3) is 0 Å². The number of para-hydroxylation sites is 1. The molecule has 1 atom stereocenters. The van der Waals surface area contributed by atoms with E-state index < -0.39 is 11.8 Å². The number of nitrogens with one attached hydrogen (secondary N) is 2. The topological polar surface area (TPSA) is 78.4 Å². The summed E-state index contributed by atoms with van der Waals surface area (Å²) in [4.78, 5) is 23.9. The highest BCUT2D eigenvalue weighted by Crippen LogP contribution is 2.14. The molecule has 0 aliphatic carbocycles. The lowest BCUT2D eigenvalue weighted by molar-refractivity contribution is -0.136. The van der Waals surface area contributed by atoms with E-state index >= 15 is 0 Å². The molecular formula is C20H20N2O3. The molecule has 0 aliphatic heterocycles. The van der Waals surface area contributed by atoms with Gasteiger partial charge in [-0.05, 0) is 37.6 Å². The van der Waals surface area contributed by atoms with E-state index in [1.165, 1.54) is 0 Å². The molecule has 0 saturated carbocycles. The molecule has 0 bridgehead atoms. The highest BCUT2D eigenvalue weighted by molar-refractivity contribution is 6.39. The van der Waals surface area contributed by atoms with Gasteiger partial charge in [-0.2, -0.15) is 0 Å². The molecule has 2 aromatic rings. The van der Waals surface area contributed by atoms with Crippen molar-refractivity contribution < 1.29 is 14.7 Å². The summed E-state index contributed by atoms with van der Waals surface area (Å²) >= 11 is 0. The second-order valence-electron chi connectivity index (χ2n) is 5.50. The van der Waals surface area contributed by atoms with E-state index in [-0.39, 0.29) is 12.6 Å². The fourth-order valence-electron chi connectivity index (χ4n) is 2.10. The van der Waals surface area contributed by atoms with Crippen LogP contribution in [-0.2, 0) is 9.59 Å². The summed E-state index contributed by atoms with van der Waals surface area (Å²) in [6.45, 7) is 1.67. The number of hydrogen-bond donors (Lipinski definition) is 3. The van der Waals surface area contributed by atoms with Crippen molar-refractivity contribution in [1.82, 2.24) is 5.32 Å². The summed E-state index contributed by atoms with van der Waals surface area (Å²) in [5.74, 6) is 4.52. The monoisotopic (exact) mass is 336 g/mol. The number of carbonyl (C=O) groups excluding carboxylic acids is 2. The van der Waals surface area contributed by atoms with Gasteiger partial charge in [-0.1, -0.05) is 42.2 Å². The summed E-state index contributed by atoms with van der Waals surface area (Å²) in [5, 5.41) is 14.0. The van der Waals surface area contributed by atoms with Crippen molar-refractivity contribution in [2.45, 2.75) is 19.4 Å². The molecule has 0 radical (unpaired) electrons. The fourth-order valence-corrected chi connectivity index (χ4v) is 2.10. The van der Waals surface area contributed by atoms with Crippen molar-refractivity contribution in [3.05, 3.63) is 65.7 Å². The Morgan fingerprint density at radius 3 is 2.40 bits per heavy atom. The maximum Gasteiger partial charge on any atom is 0.313 e.